The van der Waals surface area contributed by atoms with E-state index < -0.39 is 0 Å². The van der Waals surface area contributed by atoms with Crippen molar-refractivity contribution in [3.63, 3.8) is 0 Å². The van der Waals surface area contributed by atoms with Crippen molar-refractivity contribution in [3.05, 3.63) is 60.2 Å². The summed E-state index contributed by atoms with van der Waals surface area (Å²) in [5.41, 5.74) is 3.95. The lowest BCUT2D eigenvalue weighted by molar-refractivity contribution is 0.374. The molecule has 2 nitrogen and oxygen atoms in total. The number of nitrogens with one attached hydrogen (secondary N) is 2. The molecular weight excluding hydrogens is 244 g/mol. The van der Waals surface area contributed by atoms with Crippen LogP contribution in [0.4, 0.5) is 0 Å². The van der Waals surface area contributed by atoms with Gasteiger partial charge in [-0.1, -0.05) is 54.6 Å². The highest BCUT2D eigenvalue weighted by Gasteiger charge is 2.14. The van der Waals surface area contributed by atoms with Crippen LogP contribution in [0.1, 0.15) is 19.4 Å². The van der Waals surface area contributed by atoms with E-state index in [0.29, 0.717) is 0 Å². The van der Waals surface area contributed by atoms with Crippen LogP contribution in [0.3, 0.4) is 0 Å². The molecule has 2 rings (SSSR count). The molecule has 2 aromatic carbocycles. The second-order valence-electron chi connectivity index (χ2n) is 5.83. The van der Waals surface area contributed by atoms with Crippen molar-refractivity contribution in [2.75, 3.05) is 13.6 Å². The van der Waals surface area contributed by atoms with Crippen LogP contribution in [0.25, 0.3) is 11.1 Å². The summed E-state index contributed by atoms with van der Waals surface area (Å²) in [7, 11) is 1.98. The van der Waals surface area contributed by atoms with Gasteiger partial charge in [0, 0.05) is 18.6 Å². The molecule has 0 aliphatic carbocycles. The Morgan fingerprint density at radius 2 is 1.45 bits per heavy atom. The molecule has 2 heteroatoms. The van der Waals surface area contributed by atoms with Crippen molar-refractivity contribution in [2.24, 2.45) is 0 Å². The standard InChI is InChI=1S/C18H24N2/c1-18(2,14-19-3)20-13-15-9-11-17(12-10-15)16-7-5-4-6-8-16/h4-12,19-20H,13-14H2,1-3H3. The quantitative estimate of drug-likeness (QED) is 0.838. The Bertz CT molecular complexity index is 515. The average molecular weight is 268 g/mol. The Labute approximate surface area is 122 Å². The highest BCUT2D eigenvalue weighted by Crippen LogP contribution is 2.19. The van der Waals surface area contributed by atoms with Gasteiger partial charge in [0.1, 0.15) is 0 Å². The van der Waals surface area contributed by atoms with Crippen molar-refractivity contribution < 1.29 is 0 Å². The van der Waals surface area contributed by atoms with Crippen LogP contribution in [0.5, 0.6) is 0 Å². The van der Waals surface area contributed by atoms with E-state index in [2.05, 4.69) is 73.0 Å². The van der Waals surface area contributed by atoms with E-state index in [1.165, 1.54) is 16.7 Å². The lowest BCUT2D eigenvalue weighted by atomic mass is 10.0. The van der Waals surface area contributed by atoms with Crippen molar-refractivity contribution >= 4 is 0 Å². The molecule has 2 N–H and O–H groups in total. The van der Waals surface area contributed by atoms with Crippen LogP contribution in [-0.2, 0) is 6.54 Å². The maximum Gasteiger partial charge on any atom is 0.0252 e. The Kier molecular flexibility index (Phi) is 4.94. The molecule has 0 aromatic heterocycles. The fraction of sp³-hybridized carbons (Fsp3) is 0.333. The van der Waals surface area contributed by atoms with Crippen LogP contribution in [-0.4, -0.2) is 19.1 Å². The van der Waals surface area contributed by atoms with Gasteiger partial charge in [-0.05, 0) is 37.6 Å². The van der Waals surface area contributed by atoms with Gasteiger partial charge in [0.2, 0.25) is 0 Å². The maximum atomic E-state index is 3.57. The third-order valence-electron chi connectivity index (χ3n) is 3.45. The van der Waals surface area contributed by atoms with Crippen molar-refractivity contribution in [3.8, 4) is 11.1 Å². The minimum Gasteiger partial charge on any atom is -0.318 e. The van der Waals surface area contributed by atoms with Gasteiger partial charge in [-0.25, -0.2) is 0 Å². The summed E-state index contributed by atoms with van der Waals surface area (Å²) in [5.74, 6) is 0. The molecule has 2 aromatic rings. The molecule has 0 radical (unpaired) electrons. The third-order valence-corrected chi connectivity index (χ3v) is 3.45. The van der Waals surface area contributed by atoms with Gasteiger partial charge >= 0.3 is 0 Å². The van der Waals surface area contributed by atoms with Gasteiger partial charge in [0.05, 0.1) is 0 Å². The van der Waals surface area contributed by atoms with E-state index in [9.17, 15) is 0 Å². The number of likely N-dealkylation sites (N-methyl/N-ethyl adjacent to an activating group) is 1. The summed E-state index contributed by atoms with van der Waals surface area (Å²) in [4.78, 5) is 0. The number of hydrogen-bond acceptors (Lipinski definition) is 2. The third kappa shape index (κ3) is 4.19. The lowest BCUT2D eigenvalue weighted by Gasteiger charge is -2.26. The fourth-order valence-corrected chi connectivity index (χ4v) is 2.29. The van der Waals surface area contributed by atoms with Gasteiger partial charge in [0.15, 0.2) is 0 Å². The van der Waals surface area contributed by atoms with Crippen molar-refractivity contribution in [1.82, 2.24) is 10.6 Å². The van der Waals surface area contributed by atoms with Gasteiger partial charge in [-0.2, -0.15) is 0 Å². The topological polar surface area (TPSA) is 24.1 Å². The van der Waals surface area contributed by atoms with E-state index in [-0.39, 0.29) is 5.54 Å². The molecule has 0 aliphatic heterocycles. The van der Waals surface area contributed by atoms with Crippen LogP contribution < -0.4 is 10.6 Å². The van der Waals surface area contributed by atoms with E-state index in [4.69, 9.17) is 0 Å². The lowest BCUT2D eigenvalue weighted by Crippen LogP contribution is -2.46. The molecular formula is C18H24N2. The predicted molar refractivity (Wildman–Crippen MR) is 86.7 cm³/mol. The first-order chi connectivity index (χ1) is 9.61. The smallest absolute Gasteiger partial charge is 0.0252 e. The molecule has 0 aliphatic rings. The Balaban J connectivity index is 1.99. The largest absolute Gasteiger partial charge is 0.318 e. The Morgan fingerprint density at radius 3 is 2.05 bits per heavy atom. The summed E-state index contributed by atoms with van der Waals surface area (Å²) < 4.78 is 0. The first-order valence-electron chi connectivity index (χ1n) is 7.15. The molecule has 0 amide bonds. The molecule has 0 saturated heterocycles. The molecule has 0 bridgehead atoms. The Hall–Kier alpha value is -1.64. The van der Waals surface area contributed by atoms with Gasteiger partial charge in [-0.3, -0.25) is 0 Å². The van der Waals surface area contributed by atoms with E-state index in [1.54, 1.807) is 0 Å². The maximum absolute atomic E-state index is 3.57. The van der Waals surface area contributed by atoms with E-state index in [0.717, 1.165) is 13.1 Å². The second-order valence-corrected chi connectivity index (χ2v) is 5.83. The molecule has 0 heterocycles. The van der Waals surface area contributed by atoms with Gasteiger partial charge in [0.25, 0.3) is 0 Å². The van der Waals surface area contributed by atoms with E-state index in [1.807, 2.05) is 13.1 Å². The zero-order chi connectivity index (χ0) is 14.4. The van der Waals surface area contributed by atoms with Crippen molar-refractivity contribution in [2.45, 2.75) is 25.9 Å². The predicted octanol–water partition coefficient (Wildman–Crippen LogP) is 3.44. The highest BCUT2D eigenvalue weighted by atomic mass is 15.0. The van der Waals surface area contributed by atoms with Crippen LogP contribution in [0.15, 0.2) is 54.6 Å². The number of benzene rings is 2. The van der Waals surface area contributed by atoms with Crippen LogP contribution in [0, 0.1) is 0 Å². The molecule has 0 atom stereocenters. The normalized spacial score (nSPS) is 11.6. The molecule has 106 valence electrons. The number of rotatable bonds is 6. The zero-order valence-electron chi connectivity index (χ0n) is 12.6. The molecule has 0 unspecified atom stereocenters. The summed E-state index contributed by atoms with van der Waals surface area (Å²) >= 11 is 0. The van der Waals surface area contributed by atoms with Crippen LogP contribution >= 0.6 is 0 Å². The van der Waals surface area contributed by atoms with Crippen LogP contribution in [0.2, 0.25) is 0 Å². The minimum absolute atomic E-state index is 0.104. The first kappa shape index (κ1) is 14.8. The minimum atomic E-state index is 0.104. The fourth-order valence-electron chi connectivity index (χ4n) is 2.29. The van der Waals surface area contributed by atoms with Crippen molar-refractivity contribution in [1.29, 1.82) is 0 Å². The first-order valence-corrected chi connectivity index (χ1v) is 7.15. The van der Waals surface area contributed by atoms with Gasteiger partial charge < -0.3 is 10.6 Å². The second kappa shape index (κ2) is 6.69. The van der Waals surface area contributed by atoms with E-state index >= 15 is 0 Å². The summed E-state index contributed by atoms with van der Waals surface area (Å²) in [6.07, 6.45) is 0. The van der Waals surface area contributed by atoms with Gasteiger partial charge in [-0.15, -0.1) is 0 Å². The molecule has 0 fully saturated rings. The zero-order valence-corrected chi connectivity index (χ0v) is 12.6. The Morgan fingerprint density at radius 1 is 0.850 bits per heavy atom. The molecule has 0 spiro atoms. The monoisotopic (exact) mass is 268 g/mol. The molecule has 20 heavy (non-hydrogen) atoms. The SMILES string of the molecule is CNCC(C)(C)NCc1ccc(-c2ccccc2)cc1. The number of hydrogen-bond donors (Lipinski definition) is 2. The average Bonchev–Trinajstić information content (AvgIpc) is 2.47. The summed E-state index contributed by atoms with van der Waals surface area (Å²) in [5, 5.41) is 6.79. The molecule has 0 saturated carbocycles. The summed E-state index contributed by atoms with van der Waals surface area (Å²) in [6, 6.07) is 19.3. The summed E-state index contributed by atoms with van der Waals surface area (Å²) in [6.45, 7) is 6.27. The highest BCUT2D eigenvalue weighted by molar-refractivity contribution is 5.63.